The Hall–Kier alpha value is -2.69. The predicted octanol–water partition coefficient (Wildman–Crippen LogP) is 5.37. The van der Waals surface area contributed by atoms with E-state index in [1.165, 1.54) is 4.57 Å². The van der Waals surface area contributed by atoms with Crippen LogP contribution < -0.4 is 11.0 Å². The lowest BCUT2D eigenvalue weighted by atomic mass is 10.2. The number of H-pyrrole nitrogens is 1. The number of aromatic nitrogens is 2. The highest BCUT2D eigenvalue weighted by Gasteiger charge is 2.15. The third-order valence-corrected chi connectivity index (χ3v) is 4.52. The van der Waals surface area contributed by atoms with Gasteiger partial charge >= 0.3 is 5.69 Å². The number of hydrogen-bond donors (Lipinski definition) is 2. The second-order valence-corrected chi connectivity index (χ2v) is 6.37. The average molecular weight is 370 g/mol. The number of halogens is 2. The molecule has 0 amide bonds. The molecule has 1 aromatic heterocycles. The van der Waals surface area contributed by atoms with Crippen LogP contribution in [0.5, 0.6) is 0 Å². The summed E-state index contributed by atoms with van der Waals surface area (Å²) in [4.78, 5) is 15.3. The standard InChI is InChI=1S/C19H13Cl2N3O/c20-14-7-4-8-15(21)18(14)24-17-10-9-13(11-16(17)23-19(24)25)22-12-5-2-1-3-6-12/h1-11,22H,(H,23,25). The number of rotatable bonds is 3. The van der Waals surface area contributed by atoms with Gasteiger partial charge in [0.05, 0.1) is 26.8 Å². The first-order valence-corrected chi connectivity index (χ1v) is 8.40. The molecule has 1 heterocycles. The van der Waals surface area contributed by atoms with E-state index < -0.39 is 0 Å². The lowest BCUT2D eigenvalue weighted by molar-refractivity contribution is 1.02. The molecule has 0 aliphatic rings. The van der Waals surface area contributed by atoms with Gasteiger partial charge < -0.3 is 10.3 Å². The van der Waals surface area contributed by atoms with Crippen LogP contribution in [0.15, 0.2) is 71.5 Å². The van der Waals surface area contributed by atoms with E-state index in [2.05, 4.69) is 10.3 Å². The number of anilines is 2. The smallest absolute Gasteiger partial charge is 0.331 e. The fourth-order valence-corrected chi connectivity index (χ4v) is 3.37. The molecule has 0 spiro atoms. The van der Waals surface area contributed by atoms with Crippen molar-refractivity contribution in [2.75, 3.05) is 5.32 Å². The number of nitrogens with zero attached hydrogens (tertiary/aromatic N) is 1. The van der Waals surface area contributed by atoms with Crippen molar-refractivity contribution < 1.29 is 0 Å². The van der Waals surface area contributed by atoms with Gasteiger partial charge in [0.1, 0.15) is 0 Å². The van der Waals surface area contributed by atoms with Crippen LogP contribution in [-0.2, 0) is 0 Å². The summed E-state index contributed by atoms with van der Waals surface area (Å²) >= 11 is 12.5. The highest BCUT2D eigenvalue weighted by Crippen LogP contribution is 2.30. The molecule has 0 bridgehead atoms. The minimum absolute atomic E-state index is 0.290. The first kappa shape index (κ1) is 15.8. The van der Waals surface area contributed by atoms with E-state index in [-0.39, 0.29) is 5.69 Å². The Kier molecular flexibility index (Phi) is 3.99. The highest BCUT2D eigenvalue weighted by atomic mass is 35.5. The van der Waals surface area contributed by atoms with E-state index in [9.17, 15) is 4.79 Å². The molecule has 0 unspecified atom stereocenters. The van der Waals surface area contributed by atoms with Gasteiger partial charge in [-0.05, 0) is 42.5 Å². The first-order chi connectivity index (χ1) is 12.1. The number of hydrogen-bond acceptors (Lipinski definition) is 2. The van der Waals surface area contributed by atoms with E-state index in [1.807, 2.05) is 48.5 Å². The van der Waals surface area contributed by atoms with Gasteiger partial charge in [0.15, 0.2) is 0 Å². The Morgan fingerprint density at radius 1 is 0.840 bits per heavy atom. The molecular weight excluding hydrogens is 357 g/mol. The second kappa shape index (κ2) is 6.31. The SMILES string of the molecule is O=c1[nH]c2cc(Nc3ccccc3)ccc2n1-c1c(Cl)cccc1Cl. The average Bonchev–Trinajstić information content (AvgIpc) is 2.91. The molecule has 0 radical (unpaired) electrons. The maximum absolute atomic E-state index is 12.5. The van der Waals surface area contributed by atoms with E-state index in [4.69, 9.17) is 23.2 Å². The molecule has 25 heavy (non-hydrogen) atoms. The molecule has 0 aliphatic carbocycles. The minimum atomic E-state index is -0.290. The van der Waals surface area contributed by atoms with Crippen molar-refractivity contribution in [1.29, 1.82) is 0 Å². The van der Waals surface area contributed by atoms with Crippen LogP contribution in [0.2, 0.25) is 10.0 Å². The lowest BCUT2D eigenvalue weighted by Gasteiger charge is -2.09. The fourth-order valence-electron chi connectivity index (χ4n) is 2.80. The topological polar surface area (TPSA) is 49.8 Å². The summed E-state index contributed by atoms with van der Waals surface area (Å²) < 4.78 is 1.49. The number of para-hydroxylation sites is 2. The van der Waals surface area contributed by atoms with E-state index in [1.54, 1.807) is 18.2 Å². The summed E-state index contributed by atoms with van der Waals surface area (Å²) in [6, 6.07) is 20.6. The Balaban J connectivity index is 1.83. The lowest BCUT2D eigenvalue weighted by Crippen LogP contribution is -2.15. The predicted molar refractivity (Wildman–Crippen MR) is 104 cm³/mol. The van der Waals surface area contributed by atoms with Crippen LogP contribution in [0.25, 0.3) is 16.7 Å². The summed E-state index contributed by atoms with van der Waals surface area (Å²) in [5.74, 6) is 0. The fraction of sp³-hybridized carbons (Fsp3) is 0. The molecule has 3 aromatic carbocycles. The van der Waals surface area contributed by atoms with Gasteiger partial charge in [-0.1, -0.05) is 47.5 Å². The van der Waals surface area contributed by atoms with E-state index in [0.29, 0.717) is 26.8 Å². The van der Waals surface area contributed by atoms with Crippen LogP contribution in [0.4, 0.5) is 11.4 Å². The van der Waals surface area contributed by atoms with Gasteiger partial charge in [-0.2, -0.15) is 0 Å². The molecule has 124 valence electrons. The van der Waals surface area contributed by atoms with Crippen molar-refractivity contribution >= 4 is 45.6 Å². The number of aromatic amines is 1. The molecule has 4 rings (SSSR count). The van der Waals surface area contributed by atoms with Crippen LogP contribution in [0.1, 0.15) is 0 Å². The summed E-state index contributed by atoms with van der Waals surface area (Å²) in [5, 5.41) is 4.14. The Labute approximate surface area is 153 Å². The van der Waals surface area contributed by atoms with Gasteiger partial charge in [0.25, 0.3) is 0 Å². The zero-order valence-electron chi connectivity index (χ0n) is 13.0. The molecule has 2 N–H and O–H groups in total. The van der Waals surface area contributed by atoms with Gasteiger partial charge in [0.2, 0.25) is 0 Å². The molecule has 4 aromatic rings. The maximum Gasteiger partial charge on any atom is 0.331 e. The highest BCUT2D eigenvalue weighted by molar-refractivity contribution is 6.37. The Morgan fingerprint density at radius 3 is 2.28 bits per heavy atom. The first-order valence-electron chi connectivity index (χ1n) is 7.65. The van der Waals surface area contributed by atoms with Crippen molar-refractivity contribution in [3.05, 3.63) is 87.3 Å². The van der Waals surface area contributed by atoms with Gasteiger partial charge in [-0.25, -0.2) is 4.79 Å². The molecule has 0 saturated carbocycles. The van der Waals surface area contributed by atoms with E-state index in [0.717, 1.165) is 11.4 Å². The maximum atomic E-state index is 12.5. The number of benzene rings is 3. The largest absolute Gasteiger partial charge is 0.355 e. The van der Waals surface area contributed by atoms with E-state index >= 15 is 0 Å². The molecule has 4 nitrogen and oxygen atoms in total. The van der Waals surface area contributed by atoms with Crippen LogP contribution in [0, 0.1) is 0 Å². The summed E-state index contributed by atoms with van der Waals surface area (Å²) in [7, 11) is 0. The zero-order chi connectivity index (χ0) is 17.4. The minimum Gasteiger partial charge on any atom is -0.355 e. The number of fused-ring (bicyclic) bond motifs is 1. The van der Waals surface area contributed by atoms with Crippen molar-refractivity contribution in [3.8, 4) is 5.69 Å². The molecule has 0 atom stereocenters. The van der Waals surface area contributed by atoms with Crippen molar-refractivity contribution in [2.24, 2.45) is 0 Å². The normalized spacial score (nSPS) is 11.0. The van der Waals surface area contributed by atoms with Gasteiger partial charge in [-0.15, -0.1) is 0 Å². The summed E-state index contributed by atoms with van der Waals surface area (Å²) in [6.45, 7) is 0. The quantitative estimate of drug-likeness (QED) is 0.509. The Morgan fingerprint density at radius 2 is 1.56 bits per heavy atom. The zero-order valence-corrected chi connectivity index (χ0v) is 14.5. The number of nitrogens with one attached hydrogen (secondary N) is 2. The molecule has 6 heteroatoms. The molecular formula is C19H13Cl2N3O. The molecule has 0 saturated heterocycles. The van der Waals surface area contributed by atoms with Gasteiger partial charge in [-0.3, -0.25) is 4.57 Å². The van der Waals surface area contributed by atoms with Crippen molar-refractivity contribution in [3.63, 3.8) is 0 Å². The summed E-state index contributed by atoms with van der Waals surface area (Å²) in [5.41, 5.74) is 3.43. The third kappa shape index (κ3) is 2.90. The van der Waals surface area contributed by atoms with Crippen molar-refractivity contribution in [2.45, 2.75) is 0 Å². The summed E-state index contributed by atoms with van der Waals surface area (Å²) in [6.07, 6.45) is 0. The van der Waals surface area contributed by atoms with Crippen molar-refractivity contribution in [1.82, 2.24) is 9.55 Å². The number of imidazole rings is 1. The Bertz CT molecular complexity index is 1100. The van der Waals surface area contributed by atoms with Crippen LogP contribution in [-0.4, -0.2) is 9.55 Å². The monoisotopic (exact) mass is 369 g/mol. The molecule has 0 fully saturated rings. The third-order valence-electron chi connectivity index (χ3n) is 3.91. The van der Waals surface area contributed by atoms with Crippen LogP contribution in [0.3, 0.4) is 0 Å². The second-order valence-electron chi connectivity index (χ2n) is 5.56. The van der Waals surface area contributed by atoms with Gasteiger partial charge in [0, 0.05) is 11.4 Å². The molecule has 0 aliphatic heterocycles. The van der Waals surface area contributed by atoms with Crippen LogP contribution >= 0.6 is 23.2 Å².